The summed E-state index contributed by atoms with van der Waals surface area (Å²) in [5.41, 5.74) is 0. The Kier molecular flexibility index (Phi) is 16.6. The smallest absolute Gasteiger partial charge is 0.0288 e. The van der Waals surface area contributed by atoms with Crippen LogP contribution in [0.15, 0.2) is 0 Å². The van der Waals surface area contributed by atoms with E-state index in [9.17, 15) is 0 Å². The van der Waals surface area contributed by atoms with Crippen molar-refractivity contribution in [2.45, 2.75) is 123 Å². The normalized spacial score (nSPS) is 18.0. The third kappa shape index (κ3) is 12.9. The van der Waals surface area contributed by atoms with E-state index >= 15 is 0 Å². The predicted molar refractivity (Wildman–Crippen MR) is 121 cm³/mol. The SMILES string of the molecule is CCCCCCCCN(CCCCCC)N1CCC(NCCCCCC)C1. The van der Waals surface area contributed by atoms with Crippen molar-refractivity contribution in [3.05, 3.63) is 0 Å². The van der Waals surface area contributed by atoms with Crippen LogP contribution in [-0.2, 0) is 0 Å². The standard InChI is InChI=1S/C24H51N3/c1-4-7-10-13-14-17-21-26(20-16-12-9-6-3)27-22-18-24(23-27)25-19-15-11-8-5-2/h24-25H,4-23H2,1-3H3. The number of hydrazine groups is 1. The Morgan fingerprint density at radius 1 is 0.704 bits per heavy atom. The van der Waals surface area contributed by atoms with Gasteiger partial charge in [-0.3, -0.25) is 0 Å². The molecule has 162 valence electrons. The Balaban J connectivity index is 2.26. The summed E-state index contributed by atoms with van der Waals surface area (Å²) in [7, 11) is 0. The van der Waals surface area contributed by atoms with Gasteiger partial charge in [-0.15, -0.1) is 0 Å². The van der Waals surface area contributed by atoms with Gasteiger partial charge in [0.15, 0.2) is 0 Å². The van der Waals surface area contributed by atoms with E-state index in [0.717, 1.165) is 0 Å². The highest BCUT2D eigenvalue weighted by Crippen LogP contribution is 2.16. The average Bonchev–Trinajstić information content (AvgIpc) is 3.14. The molecule has 27 heavy (non-hydrogen) atoms. The van der Waals surface area contributed by atoms with Crippen LogP contribution in [0.3, 0.4) is 0 Å². The number of rotatable bonds is 19. The number of unbranched alkanes of at least 4 members (excludes halogenated alkanes) is 11. The molecule has 1 saturated heterocycles. The first kappa shape index (κ1) is 24.9. The number of nitrogens with one attached hydrogen (secondary N) is 1. The van der Waals surface area contributed by atoms with Crippen LogP contribution in [0.2, 0.25) is 0 Å². The molecule has 0 saturated carbocycles. The molecule has 0 aliphatic carbocycles. The lowest BCUT2D eigenvalue weighted by Crippen LogP contribution is -2.44. The Hall–Kier alpha value is -0.120. The van der Waals surface area contributed by atoms with Crippen molar-refractivity contribution in [2.75, 3.05) is 32.7 Å². The largest absolute Gasteiger partial charge is 0.313 e. The first-order chi connectivity index (χ1) is 13.3. The van der Waals surface area contributed by atoms with Gasteiger partial charge >= 0.3 is 0 Å². The van der Waals surface area contributed by atoms with Crippen LogP contribution in [0.5, 0.6) is 0 Å². The maximum atomic E-state index is 3.82. The van der Waals surface area contributed by atoms with E-state index in [4.69, 9.17) is 0 Å². The van der Waals surface area contributed by atoms with Gasteiger partial charge in [0.1, 0.15) is 0 Å². The zero-order valence-electron chi connectivity index (χ0n) is 19.1. The number of nitrogens with zero attached hydrogens (tertiary/aromatic N) is 2. The van der Waals surface area contributed by atoms with Crippen molar-refractivity contribution < 1.29 is 0 Å². The van der Waals surface area contributed by atoms with E-state index in [1.54, 1.807) is 0 Å². The summed E-state index contributed by atoms with van der Waals surface area (Å²) < 4.78 is 0. The van der Waals surface area contributed by atoms with Crippen molar-refractivity contribution in [2.24, 2.45) is 0 Å². The van der Waals surface area contributed by atoms with E-state index in [0.29, 0.717) is 6.04 Å². The summed E-state index contributed by atoms with van der Waals surface area (Å²) >= 11 is 0. The lowest BCUT2D eigenvalue weighted by atomic mass is 10.1. The van der Waals surface area contributed by atoms with Crippen molar-refractivity contribution in [3.63, 3.8) is 0 Å². The molecule has 0 spiro atoms. The minimum absolute atomic E-state index is 0.717. The van der Waals surface area contributed by atoms with Crippen LogP contribution in [0.25, 0.3) is 0 Å². The molecule has 1 aliphatic rings. The molecule has 0 aromatic carbocycles. The van der Waals surface area contributed by atoms with Gasteiger partial charge in [-0.05, 0) is 32.2 Å². The van der Waals surface area contributed by atoms with Crippen molar-refractivity contribution in [1.82, 2.24) is 15.3 Å². The molecular weight excluding hydrogens is 330 g/mol. The second-order valence-corrected chi connectivity index (χ2v) is 8.70. The summed E-state index contributed by atoms with van der Waals surface area (Å²) in [5, 5.41) is 9.22. The highest BCUT2D eigenvalue weighted by Gasteiger charge is 2.25. The molecule has 3 heteroatoms. The molecule has 0 aromatic rings. The van der Waals surface area contributed by atoms with Gasteiger partial charge in [-0.1, -0.05) is 91.4 Å². The molecule has 1 fully saturated rings. The van der Waals surface area contributed by atoms with Crippen LogP contribution in [-0.4, -0.2) is 48.8 Å². The van der Waals surface area contributed by atoms with E-state index in [2.05, 4.69) is 36.1 Å². The van der Waals surface area contributed by atoms with Gasteiger partial charge in [0, 0.05) is 32.2 Å². The maximum Gasteiger partial charge on any atom is 0.0288 e. The molecule has 1 unspecified atom stereocenters. The summed E-state index contributed by atoms with van der Waals surface area (Å²) in [6.45, 7) is 13.2. The van der Waals surface area contributed by atoms with Crippen LogP contribution in [0.1, 0.15) is 117 Å². The molecule has 0 aromatic heterocycles. The van der Waals surface area contributed by atoms with E-state index in [1.165, 1.54) is 129 Å². The second kappa shape index (κ2) is 17.9. The van der Waals surface area contributed by atoms with Gasteiger partial charge in [0.05, 0.1) is 0 Å². The number of hydrogen-bond donors (Lipinski definition) is 1. The Morgan fingerprint density at radius 2 is 1.22 bits per heavy atom. The van der Waals surface area contributed by atoms with E-state index in [-0.39, 0.29) is 0 Å². The summed E-state index contributed by atoms with van der Waals surface area (Å²) in [6, 6.07) is 0.717. The highest BCUT2D eigenvalue weighted by atomic mass is 15.6. The fourth-order valence-corrected chi connectivity index (χ4v) is 4.21. The van der Waals surface area contributed by atoms with Crippen LogP contribution < -0.4 is 5.32 Å². The molecule has 1 heterocycles. The summed E-state index contributed by atoms with van der Waals surface area (Å²) in [6.07, 6.45) is 20.7. The minimum atomic E-state index is 0.717. The fraction of sp³-hybridized carbons (Fsp3) is 1.00. The Bertz CT molecular complexity index is 308. The average molecular weight is 382 g/mol. The first-order valence-corrected chi connectivity index (χ1v) is 12.5. The van der Waals surface area contributed by atoms with Crippen molar-refractivity contribution in [1.29, 1.82) is 0 Å². The molecule has 1 aliphatic heterocycles. The molecule has 0 amide bonds. The van der Waals surface area contributed by atoms with E-state index < -0.39 is 0 Å². The third-order valence-corrected chi connectivity index (χ3v) is 6.07. The molecule has 3 nitrogen and oxygen atoms in total. The maximum absolute atomic E-state index is 3.82. The quantitative estimate of drug-likeness (QED) is 0.262. The van der Waals surface area contributed by atoms with Gasteiger partial charge < -0.3 is 5.32 Å². The zero-order chi connectivity index (χ0) is 19.6. The van der Waals surface area contributed by atoms with Crippen LogP contribution >= 0.6 is 0 Å². The van der Waals surface area contributed by atoms with Crippen LogP contribution in [0.4, 0.5) is 0 Å². The lowest BCUT2D eigenvalue weighted by Gasteiger charge is -2.32. The van der Waals surface area contributed by atoms with Crippen LogP contribution in [0, 0.1) is 0 Å². The third-order valence-electron chi connectivity index (χ3n) is 6.07. The van der Waals surface area contributed by atoms with Gasteiger partial charge in [-0.2, -0.15) is 0 Å². The summed E-state index contributed by atoms with van der Waals surface area (Å²) in [5.74, 6) is 0. The second-order valence-electron chi connectivity index (χ2n) is 8.70. The topological polar surface area (TPSA) is 18.5 Å². The lowest BCUT2D eigenvalue weighted by molar-refractivity contribution is -0.00818. The van der Waals surface area contributed by atoms with Crippen molar-refractivity contribution in [3.8, 4) is 0 Å². The van der Waals surface area contributed by atoms with Gasteiger partial charge in [-0.25, -0.2) is 10.0 Å². The molecule has 1 N–H and O–H groups in total. The molecule has 0 radical (unpaired) electrons. The molecule has 1 rings (SSSR count). The zero-order valence-corrected chi connectivity index (χ0v) is 19.1. The highest BCUT2D eigenvalue weighted by molar-refractivity contribution is 4.80. The van der Waals surface area contributed by atoms with E-state index in [1.807, 2.05) is 0 Å². The Morgan fingerprint density at radius 3 is 1.85 bits per heavy atom. The predicted octanol–water partition coefficient (Wildman–Crippen LogP) is 6.39. The molecule has 1 atom stereocenters. The first-order valence-electron chi connectivity index (χ1n) is 12.5. The molecule has 0 bridgehead atoms. The van der Waals surface area contributed by atoms with Crippen molar-refractivity contribution >= 4 is 0 Å². The summed E-state index contributed by atoms with van der Waals surface area (Å²) in [4.78, 5) is 0. The minimum Gasteiger partial charge on any atom is -0.313 e. The monoisotopic (exact) mass is 381 g/mol. The fourth-order valence-electron chi connectivity index (χ4n) is 4.21. The molecular formula is C24H51N3. The number of hydrogen-bond acceptors (Lipinski definition) is 3. The van der Waals surface area contributed by atoms with Gasteiger partial charge in [0.2, 0.25) is 0 Å². The Labute approximate surface area is 171 Å². The van der Waals surface area contributed by atoms with Gasteiger partial charge in [0.25, 0.3) is 0 Å².